The second-order valence-electron chi connectivity index (χ2n) is 4.08. The zero-order valence-corrected chi connectivity index (χ0v) is 11.8. The summed E-state index contributed by atoms with van der Waals surface area (Å²) in [7, 11) is 3.20. The molecular weight excluding hydrogens is 266 g/mol. The van der Waals surface area contributed by atoms with Crippen LogP contribution in [0.4, 0.5) is 0 Å². The predicted molar refractivity (Wildman–Crippen MR) is 73.5 cm³/mol. The maximum Gasteiger partial charge on any atom is 0.233 e. The lowest BCUT2D eigenvalue weighted by Gasteiger charge is -2.25. The first kappa shape index (κ1) is 14.0. The van der Waals surface area contributed by atoms with Crippen molar-refractivity contribution < 1.29 is 19.4 Å². The minimum Gasteiger partial charge on any atom is -0.497 e. The van der Waals surface area contributed by atoms with Gasteiger partial charge in [-0.15, -0.1) is 11.8 Å². The number of hydrogen-bond donors (Lipinski definition) is 1. The number of methoxy groups -OCH3 is 2. The molecule has 1 fully saturated rings. The smallest absolute Gasteiger partial charge is 0.233 e. The minimum absolute atomic E-state index is 0.0360. The third kappa shape index (κ3) is 2.79. The van der Waals surface area contributed by atoms with Crippen molar-refractivity contribution in [2.75, 3.05) is 33.1 Å². The largest absolute Gasteiger partial charge is 0.497 e. The molecule has 6 heteroatoms. The van der Waals surface area contributed by atoms with Gasteiger partial charge in [0.2, 0.25) is 5.91 Å². The molecule has 1 unspecified atom stereocenters. The van der Waals surface area contributed by atoms with Gasteiger partial charge in [0.1, 0.15) is 16.9 Å². The first-order chi connectivity index (χ1) is 9.21. The van der Waals surface area contributed by atoms with Gasteiger partial charge in [0.15, 0.2) is 0 Å². The summed E-state index contributed by atoms with van der Waals surface area (Å²) in [6, 6.07) is 5.52. The number of hydrogen-bond acceptors (Lipinski definition) is 5. The van der Waals surface area contributed by atoms with Crippen molar-refractivity contribution in [3.8, 4) is 11.5 Å². The molecule has 19 heavy (non-hydrogen) atoms. The summed E-state index contributed by atoms with van der Waals surface area (Å²) < 4.78 is 10.6. The van der Waals surface area contributed by atoms with E-state index in [1.165, 1.54) is 11.8 Å². The third-order valence-electron chi connectivity index (χ3n) is 3.01. The third-order valence-corrected chi connectivity index (χ3v) is 4.25. The van der Waals surface area contributed by atoms with E-state index < -0.39 is 0 Å². The summed E-state index contributed by atoms with van der Waals surface area (Å²) in [6.07, 6.45) is 0. The van der Waals surface area contributed by atoms with Gasteiger partial charge < -0.3 is 19.5 Å². The highest BCUT2D eigenvalue weighted by molar-refractivity contribution is 8.00. The Morgan fingerprint density at radius 3 is 2.84 bits per heavy atom. The zero-order valence-electron chi connectivity index (χ0n) is 11.0. The fourth-order valence-corrected chi connectivity index (χ4v) is 3.33. The van der Waals surface area contributed by atoms with Gasteiger partial charge >= 0.3 is 0 Å². The molecule has 1 N–H and O–H groups in total. The van der Waals surface area contributed by atoms with Crippen molar-refractivity contribution in [3.63, 3.8) is 0 Å². The number of rotatable bonds is 5. The van der Waals surface area contributed by atoms with Crippen molar-refractivity contribution in [1.82, 2.24) is 4.90 Å². The Bertz CT molecular complexity index is 466. The molecular formula is C13H17NO4S. The van der Waals surface area contributed by atoms with Gasteiger partial charge in [0.05, 0.1) is 26.6 Å². The first-order valence-electron chi connectivity index (χ1n) is 5.95. The maximum absolute atomic E-state index is 11.8. The van der Waals surface area contributed by atoms with E-state index in [2.05, 4.69) is 0 Å². The number of aliphatic hydroxyl groups excluding tert-OH is 1. The van der Waals surface area contributed by atoms with Crippen molar-refractivity contribution in [3.05, 3.63) is 23.8 Å². The van der Waals surface area contributed by atoms with Crippen LogP contribution < -0.4 is 9.47 Å². The Labute approximate surface area is 116 Å². The second kappa shape index (κ2) is 6.16. The molecule has 2 rings (SSSR count). The SMILES string of the molecule is COc1ccc(OC)c(C2SCC(=O)N2CCO)c1. The molecule has 0 radical (unpaired) electrons. The van der Waals surface area contributed by atoms with Gasteiger partial charge in [-0.05, 0) is 18.2 Å². The monoisotopic (exact) mass is 283 g/mol. The molecule has 1 aliphatic heterocycles. The van der Waals surface area contributed by atoms with E-state index in [0.29, 0.717) is 12.3 Å². The van der Waals surface area contributed by atoms with Crippen LogP contribution in [0.3, 0.4) is 0 Å². The minimum atomic E-state index is -0.135. The van der Waals surface area contributed by atoms with Gasteiger partial charge in [-0.25, -0.2) is 0 Å². The van der Waals surface area contributed by atoms with Gasteiger partial charge in [-0.2, -0.15) is 0 Å². The highest BCUT2D eigenvalue weighted by Crippen LogP contribution is 2.43. The topological polar surface area (TPSA) is 59.0 Å². The molecule has 1 saturated heterocycles. The number of nitrogens with zero attached hydrogens (tertiary/aromatic N) is 1. The van der Waals surface area contributed by atoms with Crippen LogP contribution in [0.5, 0.6) is 11.5 Å². The van der Waals surface area contributed by atoms with Crippen LogP contribution in [0.25, 0.3) is 0 Å². The lowest BCUT2D eigenvalue weighted by Crippen LogP contribution is -2.31. The summed E-state index contributed by atoms with van der Waals surface area (Å²) in [5.74, 6) is 1.90. The number of thioether (sulfide) groups is 1. The summed E-state index contributed by atoms with van der Waals surface area (Å²) in [4.78, 5) is 13.5. The number of aliphatic hydroxyl groups is 1. The van der Waals surface area contributed by atoms with Crippen molar-refractivity contribution in [2.45, 2.75) is 5.37 Å². The molecule has 0 saturated carbocycles. The van der Waals surface area contributed by atoms with Crippen LogP contribution in [0, 0.1) is 0 Å². The van der Waals surface area contributed by atoms with Gasteiger partial charge in [-0.1, -0.05) is 0 Å². The summed E-state index contributed by atoms with van der Waals surface area (Å²) in [5.41, 5.74) is 0.895. The van der Waals surface area contributed by atoms with E-state index in [9.17, 15) is 4.79 Å². The molecule has 1 aromatic carbocycles. The highest BCUT2D eigenvalue weighted by atomic mass is 32.2. The van der Waals surface area contributed by atoms with Crippen molar-refractivity contribution in [1.29, 1.82) is 0 Å². The lowest BCUT2D eigenvalue weighted by molar-refractivity contribution is -0.128. The Balaban J connectivity index is 2.36. The van der Waals surface area contributed by atoms with E-state index in [-0.39, 0.29) is 17.9 Å². The average molecular weight is 283 g/mol. The summed E-state index contributed by atoms with van der Waals surface area (Å²) in [6.45, 7) is 0.284. The number of carbonyl (C=O) groups excluding carboxylic acids is 1. The quantitative estimate of drug-likeness (QED) is 0.882. The van der Waals surface area contributed by atoms with Gasteiger partial charge in [0, 0.05) is 12.1 Å². The predicted octanol–water partition coefficient (Wildman–Crippen LogP) is 1.27. The number of benzene rings is 1. The van der Waals surface area contributed by atoms with Crippen LogP contribution in [0.1, 0.15) is 10.9 Å². The van der Waals surface area contributed by atoms with Crippen LogP contribution in [-0.4, -0.2) is 49.0 Å². The molecule has 0 bridgehead atoms. The van der Waals surface area contributed by atoms with Gasteiger partial charge in [0.25, 0.3) is 0 Å². The molecule has 1 aromatic rings. The number of ether oxygens (including phenoxy) is 2. The number of β-amino-alcohol motifs (C(OH)–C–C–N with tert-alkyl or cyclic N) is 1. The van der Waals surface area contributed by atoms with Crippen LogP contribution >= 0.6 is 11.8 Å². The van der Waals surface area contributed by atoms with Crippen LogP contribution in [0.2, 0.25) is 0 Å². The van der Waals surface area contributed by atoms with Crippen molar-refractivity contribution >= 4 is 17.7 Å². The standard InChI is InChI=1S/C13H17NO4S/c1-17-9-3-4-11(18-2)10(7-9)13-14(5-6-15)12(16)8-19-13/h3-4,7,13,15H,5-6,8H2,1-2H3. The molecule has 1 aliphatic rings. The molecule has 0 aromatic heterocycles. The van der Waals surface area contributed by atoms with Crippen molar-refractivity contribution in [2.24, 2.45) is 0 Å². The number of carbonyl (C=O) groups is 1. The normalized spacial score (nSPS) is 18.8. The fourth-order valence-electron chi connectivity index (χ4n) is 2.09. The molecule has 0 spiro atoms. The Morgan fingerprint density at radius 2 is 2.21 bits per heavy atom. The molecule has 1 atom stereocenters. The number of amides is 1. The van der Waals surface area contributed by atoms with E-state index in [1.807, 2.05) is 18.2 Å². The molecule has 1 heterocycles. The molecule has 1 amide bonds. The van der Waals surface area contributed by atoms with E-state index in [0.717, 1.165) is 17.1 Å². The Morgan fingerprint density at radius 1 is 1.42 bits per heavy atom. The Kier molecular flexibility index (Phi) is 4.55. The summed E-state index contributed by atoms with van der Waals surface area (Å²) >= 11 is 1.53. The highest BCUT2D eigenvalue weighted by Gasteiger charge is 2.34. The second-order valence-corrected chi connectivity index (χ2v) is 5.15. The van der Waals surface area contributed by atoms with Crippen LogP contribution in [0.15, 0.2) is 18.2 Å². The lowest BCUT2D eigenvalue weighted by atomic mass is 10.1. The first-order valence-corrected chi connectivity index (χ1v) is 7.00. The fraction of sp³-hybridized carbons (Fsp3) is 0.462. The molecule has 5 nitrogen and oxygen atoms in total. The average Bonchev–Trinajstić information content (AvgIpc) is 2.80. The molecule has 0 aliphatic carbocycles. The van der Waals surface area contributed by atoms with Gasteiger partial charge in [-0.3, -0.25) is 4.79 Å². The van der Waals surface area contributed by atoms with E-state index in [4.69, 9.17) is 14.6 Å². The molecule has 104 valence electrons. The van der Waals surface area contributed by atoms with E-state index in [1.54, 1.807) is 19.1 Å². The maximum atomic E-state index is 11.8. The van der Waals surface area contributed by atoms with Crippen LogP contribution in [-0.2, 0) is 4.79 Å². The Hall–Kier alpha value is -1.40. The summed E-state index contributed by atoms with van der Waals surface area (Å²) in [5, 5.41) is 8.94. The zero-order chi connectivity index (χ0) is 13.8. The van der Waals surface area contributed by atoms with E-state index >= 15 is 0 Å².